The third-order valence-electron chi connectivity index (χ3n) is 4.42. The molecule has 1 saturated heterocycles. The van der Waals surface area contributed by atoms with Gasteiger partial charge in [-0.05, 0) is 16.9 Å². The highest BCUT2D eigenvalue weighted by molar-refractivity contribution is 6.74. The molecule has 80 valence electrons. The lowest BCUT2D eigenvalue weighted by molar-refractivity contribution is 0.177. The summed E-state index contributed by atoms with van der Waals surface area (Å²) in [5.74, 6) is 0. The van der Waals surface area contributed by atoms with Gasteiger partial charge in [0.2, 0.25) is 0 Å². The van der Waals surface area contributed by atoms with Crippen LogP contribution >= 0.6 is 0 Å². The molecule has 2 nitrogen and oxygen atoms in total. The average molecular weight is 202 g/mol. The van der Waals surface area contributed by atoms with Crippen LogP contribution in [0.3, 0.4) is 0 Å². The molecular formula is C12H19BN2. The van der Waals surface area contributed by atoms with E-state index in [1.807, 2.05) is 6.20 Å². The predicted molar refractivity (Wildman–Crippen MR) is 64.6 cm³/mol. The number of nitrogens with zero attached hydrogens (tertiary/aromatic N) is 2. The van der Waals surface area contributed by atoms with E-state index in [2.05, 4.69) is 44.0 Å². The number of aromatic nitrogens is 2. The van der Waals surface area contributed by atoms with E-state index in [0.717, 1.165) is 0 Å². The molecule has 0 saturated carbocycles. The lowest BCUT2D eigenvalue weighted by atomic mass is 9.42. The van der Waals surface area contributed by atoms with Gasteiger partial charge in [-0.2, -0.15) is 10.2 Å². The number of hydrogen-bond acceptors (Lipinski definition) is 2. The van der Waals surface area contributed by atoms with E-state index in [1.54, 1.807) is 6.20 Å². The summed E-state index contributed by atoms with van der Waals surface area (Å²) in [6, 6.07) is 2.11. The van der Waals surface area contributed by atoms with Gasteiger partial charge in [-0.1, -0.05) is 45.8 Å². The topological polar surface area (TPSA) is 25.8 Å². The molecule has 0 spiro atoms. The molecule has 0 aliphatic carbocycles. The molecule has 1 aromatic heterocycles. The van der Waals surface area contributed by atoms with Gasteiger partial charge >= 0.3 is 0 Å². The van der Waals surface area contributed by atoms with E-state index in [1.165, 1.54) is 18.1 Å². The van der Waals surface area contributed by atoms with Crippen LogP contribution in [0.15, 0.2) is 18.5 Å². The summed E-state index contributed by atoms with van der Waals surface area (Å²) in [6.07, 6.45) is 6.23. The Kier molecular flexibility index (Phi) is 2.36. The largest absolute Gasteiger partial charge is 0.179 e. The quantitative estimate of drug-likeness (QED) is 0.652. The Bertz CT molecular complexity index is 330. The average Bonchev–Trinajstić information content (AvgIpc) is 2.38. The molecule has 0 radical (unpaired) electrons. The predicted octanol–water partition coefficient (Wildman–Crippen LogP) is 2.24. The van der Waals surface area contributed by atoms with Crippen LogP contribution in [0.25, 0.3) is 0 Å². The van der Waals surface area contributed by atoms with Crippen LogP contribution in [0.2, 0.25) is 12.6 Å². The van der Waals surface area contributed by atoms with E-state index in [0.29, 0.717) is 17.5 Å². The zero-order valence-electron chi connectivity index (χ0n) is 10.1. The Labute approximate surface area is 92.6 Å². The fourth-order valence-electron chi connectivity index (χ4n) is 2.63. The minimum Gasteiger partial charge on any atom is -0.160 e. The molecule has 3 heteroatoms. The van der Waals surface area contributed by atoms with Gasteiger partial charge in [0, 0.05) is 12.4 Å². The maximum atomic E-state index is 3.97. The number of hydrogen-bond donors (Lipinski definition) is 0. The van der Waals surface area contributed by atoms with Gasteiger partial charge in [0.15, 0.2) is 6.71 Å². The Morgan fingerprint density at radius 2 is 1.67 bits per heavy atom. The van der Waals surface area contributed by atoms with Gasteiger partial charge in [-0.3, -0.25) is 0 Å². The summed E-state index contributed by atoms with van der Waals surface area (Å²) in [5, 5.41) is 7.81. The first-order chi connectivity index (χ1) is 6.92. The smallest absolute Gasteiger partial charge is 0.160 e. The van der Waals surface area contributed by atoms with Crippen LogP contribution in [0.1, 0.15) is 27.7 Å². The van der Waals surface area contributed by atoms with E-state index < -0.39 is 0 Å². The molecule has 0 bridgehead atoms. The molecule has 0 unspecified atom stereocenters. The molecule has 1 fully saturated rings. The Morgan fingerprint density at radius 1 is 1.07 bits per heavy atom. The first-order valence-corrected chi connectivity index (χ1v) is 5.69. The lowest BCUT2D eigenvalue weighted by Crippen LogP contribution is -2.28. The van der Waals surface area contributed by atoms with Crippen LogP contribution < -0.4 is 5.46 Å². The molecule has 0 N–H and O–H groups in total. The van der Waals surface area contributed by atoms with E-state index in [-0.39, 0.29) is 0 Å². The van der Waals surface area contributed by atoms with Gasteiger partial charge in [-0.25, -0.2) is 0 Å². The second-order valence-corrected chi connectivity index (χ2v) is 6.05. The zero-order valence-corrected chi connectivity index (χ0v) is 10.1. The first kappa shape index (κ1) is 10.7. The molecule has 0 amide bonds. The van der Waals surface area contributed by atoms with Crippen molar-refractivity contribution in [2.45, 2.75) is 40.3 Å². The van der Waals surface area contributed by atoms with Crippen molar-refractivity contribution in [1.29, 1.82) is 0 Å². The summed E-state index contributed by atoms with van der Waals surface area (Å²) < 4.78 is 0. The highest BCUT2D eigenvalue weighted by Crippen LogP contribution is 2.52. The van der Waals surface area contributed by atoms with Crippen molar-refractivity contribution in [2.24, 2.45) is 10.8 Å². The van der Waals surface area contributed by atoms with Crippen molar-refractivity contribution in [1.82, 2.24) is 10.2 Å². The minimum absolute atomic E-state index is 0.418. The van der Waals surface area contributed by atoms with Gasteiger partial charge in [0.1, 0.15) is 0 Å². The molecule has 1 aliphatic rings. The van der Waals surface area contributed by atoms with Crippen LogP contribution in [0, 0.1) is 10.8 Å². The molecule has 1 aliphatic heterocycles. The lowest BCUT2D eigenvalue weighted by Gasteiger charge is -2.35. The summed E-state index contributed by atoms with van der Waals surface area (Å²) in [7, 11) is 0. The molecule has 0 atom stereocenters. The third kappa shape index (κ3) is 1.80. The maximum Gasteiger partial charge on any atom is 0.179 e. The molecule has 1 aromatic rings. The van der Waals surface area contributed by atoms with Crippen molar-refractivity contribution in [3.63, 3.8) is 0 Å². The Balaban J connectivity index is 2.24. The van der Waals surface area contributed by atoms with E-state index in [9.17, 15) is 0 Å². The van der Waals surface area contributed by atoms with Gasteiger partial charge < -0.3 is 0 Å². The van der Waals surface area contributed by atoms with Crippen molar-refractivity contribution in [3.05, 3.63) is 18.5 Å². The molecule has 2 heterocycles. The minimum atomic E-state index is 0.418. The van der Waals surface area contributed by atoms with E-state index in [4.69, 9.17) is 0 Å². The maximum absolute atomic E-state index is 3.97. The van der Waals surface area contributed by atoms with Crippen molar-refractivity contribution in [3.8, 4) is 0 Å². The third-order valence-corrected chi connectivity index (χ3v) is 4.42. The molecular weight excluding hydrogens is 183 g/mol. The molecule has 15 heavy (non-hydrogen) atoms. The highest BCUT2D eigenvalue weighted by Gasteiger charge is 2.48. The van der Waals surface area contributed by atoms with Crippen molar-refractivity contribution < 1.29 is 0 Å². The van der Waals surface area contributed by atoms with Gasteiger partial charge in [0.05, 0.1) is 0 Å². The second-order valence-electron chi connectivity index (χ2n) is 6.05. The Morgan fingerprint density at radius 3 is 2.13 bits per heavy atom. The molecule has 2 rings (SSSR count). The van der Waals surface area contributed by atoms with Gasteiger partial charge in [0.25, 0.3) is 0 Å². The SMILES string of the molecule is CC1(C)CB(c2ccnnc2)CC1(C)C. The fourth-order valence-corrected chi connectivity index (χ4v) is 2.63. The van der Waals surface area contributed by atoms with Crippen LogP contribution in [-0.4, -0.2) is 16.9 Å². The second kappa shape index (κ2) is 3.33. The van der Waals surface area contributed by atoms with Crippen molar-refractivity contribution in [2.75, 3.05) is 0 Å². The number of rotatable bonds is 1. The van der Waals surface area contributed by atoms with Crippen LogP contribution in [0.5, 0.6) is 0 Å². The Hall–Kier alpha value is -0.855. The first-order valence-electron chi connectivity index (χ1n) is 5.69. The summed E-state index contributed by atoms with van der Waals surface area (Å²) in [6.45, 7) is 10.2. The monoisotopic (exact) mass is 202 g/mol. The summed E-state index contributed by atoms with van der Waals surface area (Å²) in [5.41, 5.74) is 2.19. The standard InChI is InChI=1S/C12H19BN2/c1-11(2)8-13(9-12(11,3)4)10-5-6-14-15-7-10/h5-7H,8-9H2,1-4H3. The normalized spacial score (nSPS) is 23.1. The van der Waals surface area contributed by atoms with E-state index >= 15 is 0 Å². The highest BCUT2D eigenvalue weighted by atomic mass is 15.1. The molecule has 0 aromatic carbocycles. The van der Waals surface area contributed by atoms with Crippen LogP contribution in [-0.2, 0) is 0 Å². The summed E-state index contributed by atoms with van der Waals surface area (Å²) >= 11 is 0. The summed E-state index contributed by atoms with van der Waals surface area (Å²) in [4.78, 5) is 0. The van der Waals surface area contributed by atoms with Gasteiger partial charge in [-0.15, -0.1) is 0 Å². The van der Waals surface area contributed by atoms with Crippen molar-refractivity contribution >= 4 is 12.2 Å². The van der Waals surface area contributed by atoms with Crippen LogP contribution in [0.4, 0.5) is 0 Å². The fraction of sp³-hybridized carbons (Fsp3) is 0.667. The zero-order chi connectivity index (χ0) is 11.1.